The molecule has 2 aliphatic heterocycles. The van der Waals surface area contributed by atoms with E-state index in [9.17, 15) is 0 Å². The second-order valence-electron chi connectivity index (χ2n) is 8.55. The summed E-state index contributed by atoms with van der Waals surface area (Å²) in [5.41, 5.74) is 5.25. The van der Waals surface area contributed by atoms with Gasteiger partial charge in [-0.2, -0.15) is 0 Å². The summed E-state index contributed by atoms with van der Waals surface area (Å²) in [4.78, 5) is 4.78. The van der Waals surface area contributed by atoms with Crippen molar-refractivity contribution < 1.29 is 9.15 Å². The molecule has 24 heavy (non-hydrogen) atoms. The van der Waals surface area contributed by atoms with Gasteiger partial charge in [0, 0.05) is 18.1 Å². The van der Waals surface area contributed by atoms with Gasteiger partial charge in [-0.05, 0) is 60.9 Å². The van der Waals surface area contributed by atoms with E-state index >= 15 is 0 Å². The summed E-state index contributed by atoms with van der Waals surface area (Å²) in [7, 11) is 0. The Kier molecular flexibility index (Phi) is 3.00. The molecule has 0 saturated carbocycles. The molecular weight excluding hydrogens is 300 g/mol. The molecule has 3 atom stereocenters. The third kappa shape index (κ3) is 1.84. The van der Waals surface area contributed by atoms with Crippen LogP contribution in [0.15, 0.2) is 16.5 Å². The first-order valence-electron chi connectivity index (χ1n) is 9.28. The van der Waals surface area contributed by atoms with Gasteiger partial charge in [0.1, 0.15) is 11.6 Å². The average molecular weight is 326 g/mol. The van der Waals surface area contributed by atoms with Gasteiger partial charge in [-0.15, -0.1) is 0 Å². The Morgan fingerprint density at radius 3 is 2.92 bits per heavy atom. The normalized spacial score (nSPS) is 34.5. The van der Waals surface area contributed by atoms with E-state index in [0.717, 1.165) is 49.4 Å². The van der Waals surface area contributed by atoms with Gasteiger partial charge in [0.05, 0.1) is 0 Å². The van der Waals surface area contributed by atoms with Crippen LogP contribution < -0.4 is 5.32 Å². The van der Waals surface area contributed by atoms with Gasteiger partial charge in [-0.25, -0.2) is 4.98 Å². The molecule has 2 saturated heterocycles. The van der Waals surface area contributed by atoms with E-state index < -0.39 is 0 Å². The third-order valence-corrected chi connectivity index (χ3v) is 7.16. The van der Waals surface area contributed by atoms with Crippen LogP contribution in [-0.4, -0.2) is 24.2 Å². The van der Waals surface area contributed by atoms with E-state index in [1.165, 1.54) is 17.5 Å². The number of piperidine rings is 1. The lowest BCUT2D eigenvalue weighted by Gasteiger charge is -2.57. The maximum Gasteiger partial charge on any atom is 0.224 e. The predicted octanol–water partition coefficient (Wildman–Crippen LogP) is 3.88. The number of nitrogens with one attached hydrogen (secondary N) is 1. The topological polar surface area (TPSA) is 47.3 Å². The van der Waals surface area contributed by atoms with Crippen LogP contribution in [0, 0.1) is 5.41 Å². The fourth-order valence-corrected chi connectivity index (χ4v) is 5.11. The van der Waals surface area contributed by atoms with Crippen molar-refractivity contribution in [3.63, 3.8) is 0 Å². The van der Waals surface area contributed by atoms with Crippen LogP contribution in [0.2, 0.25) is 0 Å². The minimum atomic E-state index is 0.0438. The number of oxazole rings is 1. The zero-order valence-corrected chi connectivity index (χ0v) is 14.8. The number of rotatable bonds is 1. The van der Waals surface area contributed by atoms with E-state index in [1.807, 2.05) is 0 Å². The summed E-state index contributed by atoms with van der Waals surface area (Å²) in [6.45, 7) is 9.18. The summed E-state index contributed by atoms with van der Waals surface area (Å²) >= 11 is 0. The molecule has 0 amide bonds. The van der Waals surface area contributed by atoms with Crippen LogP contribution in [0.1, 0.15) is 63.2 Å². The lowest BCUT2D eigenvalue weighted by molar-refractivity contribution is 0.0561. The lowest BCUT2D eigenvalue weighted by Crippen LogP contribution is -2.62. The van der Waals surface area contributed by atoms with Crippen molar-refractivity contribution in [1.82, 2.24) is 10.3 Å². The van der Waals surface area contributed by atoms with E-state index in [1.54, 1.807) is 0 Å². The van der Waals surface area contributed by atoms with Crippen molar-refractivity contribution in [3.05, 3.63) is 29.2 Å². The molecule has 2 aromatic rings. The highest BCUT2D eigenvalue weighted by atomic mass is 16.5. The van der Waals surface area contributed by atoms with Crippen molar-refractivity contribution in [3.8, 4) is 0 Å². The monoisotopic (exact) mass is 326 g/mol. The Hall–Kier alpha value is -1.39. The molecule has 128 valence electrons. The Labute approximate surface area is 143 Å². The van der Waals surface area contributed by atoms with Gasteiger partial charge in [-0.1, -0.05) is 20.8 Å². The Morgan fingerprint density at radius 2 is 2.12 bits per heavy atom. The molecule has 1 N–H and O–H groups in total. The molecule has 2 fully saturated rings. The SMILES string of the molecule is CC1(C)[C@H]2Cc3cc4oc([C@@H]5CCCO5)nc4cc3[C@]1(C)CCN2. The fourth-order valence-electron chi connectivity index (χ4n) is 5.11. The van der Waals surface area contributed by atoms with Gasteiger partial charge in [0.15, 0.2) is 5.58 Å². The molecule has 0 radical (unpaired) electrons. The number of nitrogens with zero attached hydrogens (tertiary/aromatic N) is 1. The minimum Gasteiger partial charge on any atom is -0.438 e. The molecule has 5 rings (SSSR count). The minimum absolute atomic E-state index is 0.0438. The number of hydrogen-bond acceptors (Lipinski definition) is 4. The van der Waals surface area contributed by atoms with Crippen LogP contribution >= 0.6 is 0 Å². The average Bonchev–Trinajstić information content (AvgIpc) is 3.18. The lowest BCUT2D eigenvalue weighted by atomic mass is 9.51. The van der Waals surface area contributed by atoms with Crippen LogP contribution in [0.3, 0.4) is 0 Å². The van der Waals surface area contributed by atoms with E-state index in [2.05, 4.69) is 38.2 Å². The molecule has 4 nitrogen and oxygen atoms in total. The van der Waals surface area contributed by atoms with Crippen molar-refractivity contribution >= 4 is 11.1 Å². The summed E-state index contributed by atoms with van der Waals surface area (Å²) in [6, 6.07) is 5.07. The van der Waals surface area contributed by atoms with Gasteiger partial charge in [0.2, 0.25) is 5.89 Å². The second kappa shape index (κ2) is 4.83. The van der Waals surface area contributed by atoms with Gasteiger partial charge in [0.25, 0.3) is 0 Å². The zero-order chi connectivity index (χ0) is 16.5. The highest BCUT2D eigenvalue weighted by Gasteiger charge is 2.53. The van der Waals surface area contributed by atoms with Crippen LogP contribution in [-0.2, 0) is 16.6 Å². The first-order chi connectivity index (χ1) is 11.5. The van der Waals surface area contributed by atoms with E-state index in [4.69, 9.17) is 14.1 Å². The molecule has 1 aromatic heterocycles. The van der Waals surface area contributed by atoms with Crippen molar-refractivity contribution in [1.29, 1.82) is 0 Å². The number of fused-ring (bicyclic) bond motifs is 5. The third-order valence-electron chi connectivity index (χ3n) is 7.16. The van der Waals surface area contributed by atoms with Gasteiger partial charge < -0.3 is 14.5 Å². The Balaban J connectivity index is 1.66. The summed E-state index contributed by atoms with van der Waals surface area (Å²) in [5.74, 6) is 0.760. The standard InChI is InChI=1S/C20H26N2O2/c1-19(2)17-10-12-9-16-14(11-13(12)20(19,3)6-7-21-17)22-18(24-16)15-5-4-8-23-15/h9,11,15,17,21H,4-8,10H2,1-3H3/t15-,17+,20-/m0/s1. The number of ether oxygens (including phenoxy) is 1. The first-order valence-corrected chi connectivity index (χ1v) is 9.28. The maximum absolute atomic E-state index is 6.07. The molecule has 2 bridgehead atoms. The Morgan fingerprint density at radius 1 is 1.25 bits per heavy atom. The molecule has 3 aliphatic rings. The maximum atomic E-state index is 6.07. The predicted molar refractivity (Wildman–Crippen MR) is 93.2 cm³/mol. The number of hydrogen-bond donors (Lipinski definition) is 1. The summed E-state index contributed by atoms with van der Waals surface area (Å²) in [6.07, 6.45) is 4.40. The highest BCUT2D eigenvalue weighted by molar-refractivity contribution is 5.76. The van der Waals surface area contributed by atoms with Crippen LogP contribution in [0.4, 0.5) is 0 Å². The number of benzene rings is 1. The summed E-state index contributed by atoms with van der Waals surface area (Å²) < 4.78 is 11.8. The smallest absolute Gasteiger partial charge is 0.224 e. The van der Waals surface area contributed by atoms with E-state index in [-0.39, 0.29) is 16.9 Å². The molecular formula is C20H26N2O2. The van der Waals surface area contributed by atoms with Crippen molar-refractivity contribution in [2.75, 3.05) is 13.2 Å². The quantitative estimate of drug-likeness (QED) is 0.864. The van der Waals surface area contributed by atoms with Crippen LogP contribution in [0.25, 0.3) is 11.1 Å². The van der Waals surface area contributed by atoms with Gasteiger partial charge >= 0.3 is 0 Å². The number of aromatic nitrogens is 1. The molecule has 1 aliphatic carbocycles. The second-order valence-corrected chi connectivity index (χ2v) is 8.55. The largest absolute Gasteiger partial charge is 0.438 e. The fraction of sp³-hybridized carbons (Fsp3) is 0.650. The Bertz CT molecular complexity index is 803. The zero-order valence-electron chi connectivity index (χ0n) is 14.8. The molecule has 3 heterocycles. The molecule has 1 aromatic carbocycles. The highest BCUT2D eigenvalue weighted by Crippen LogP contribution is 2.54. The van der Waals surface area contributed by atoms with Gasteiger partial charge in [-0.3, -0.25) is 0 Å². The molecule has 0 unspecified atom stereocenters. The molecule has 0 spiro atoms. The molecule has 4 heteroatoms. The van der Waals surface area contributed by atoms with Crippen molar-refractivity contribution in [2.45, 2.75) is 64.0 Å². The first kappa shape index (κ1) is 14.9. The summed E-state index contributed by atoms with van der Waals surface area (Å²) in [5, 5.41) is 3.74. The van der Waals surface area contributed by atoms with E-state index in [0.29, 0.717) is 6.04 Å². The van der Waals surface area contributed by atoms with Crippen molar-refractivity contribution in [2.24, 2.45) is 5.41 Å². The van der Waals surface area contributed by atoms with Crippen LogP contribution in [0.5, 0.6) is 0 Å².